The van der Waals surface area contributed by atoms with Gasteiger partial charge in [-0.25, -0.2) is 4.68 Å². The van der Waals surface area contributed by atoms with Crippen molar-refractivity contribution >= 4 is 22.6 Å². The van der Waals surface area contributed by atoms with Crippen LogP contribution in [0.2, 0.25) is 0 Å². The van der Waals surface area contributed by atoms with Crippen LogP contribution < -0.4 is 0 Å². The first kappa shape index (κ1) is 7.93. The molecule has 56 valence electrons. The van der Waals surface area contributed by atoms with Crippen LogP contribution in [0.25, 0.3) is 0 Å². The zero-order valence-corrected chi connectivity index (χ0v) is 7.52. The fourth-order valence-electron chi connectivity index (χ4n) is 0.612. The quantitative estimate of drug-likeness (QED) is 0.618. The number of alkyl halides is 1. The molecule has 0 fully saturated rings. The Morgan fingerprint density at radius 2 is 2.50 bits per heavy atom. The lowest BCUT2D eigenvalue weighted by Gasteiger charge is -1.91. The summed E-state index contributed by atoms with van der Waals surface area (Å²) in [5.74, 6) is 0. The van der Waals surface area contributed by atoms with Crippen molar-refractivity contribution in [2.45, 2.75) is 11.0 Å². The van der Waals surface area contributed by atoms with Gasteiger partial charge < -0.3 is 5.11 Å². The lowest BCUT2D eigenvalue weighted by molar-refractivity contribution is 0.268. The van der Waals surface area contributed by atoms with E-state index in [4.69, 9.17) is 5.11 Å². The maximum absolute atomic E-state index is 8.51. The van der Waals surface area contributed by atoms with E-state index in [0.717, 1.165) is 10.1 Å². The first-order valence-corrected chi connectivity index (χ1v) is 4.45. The number of rotatable bonds is 3. The van der Waals surface area contributed by atoms with Gasteiger partial charge >= 0.3 is 0 Å². The van der Waals surface area contributed by atoms with Crippen LogP contribution in [0.4, 0.5) is 0 Å². The second-order valence-corrected chi connectivity index (χ2v) is 2.59. The molecule has 0 aliphatic rings. The van der Waals surface area contributed by atoms with Crippen LogP contribution in [-0.4, -0.2) is 26.7 Å². The highest BCUT2D eigenvalue weighted by molar-refractivity contribution is 14.1. The molecule has 0 saturated carbocycles. The second-order valence-electron chi connectivity index (χ2n) is 1.83. The van der Waals surface area contributed by atoms with E-state index in [1.165, 1.54) is 0 Å². The van der Waals surface area contributed by atoms with E-state index in [1.807, 2.05) is 6.20 Å². The third kappa shape index (κ3) is 1.91. The first-order chi connectivity index (χ1) is 4.86. The highest BCUT2D eigenvalue weighted by Crippen LogP contribution is 1.99. The molecule has 0 bridgehead atoms. The third-order valence-corrected chi connectivity index (χ3v) is 1.83. The number of aliphatic hydroxyl groups excluding tert-OH is 1. The minimum atomic E-state index is 0.115. The summed E-state index contributed by atoms with van der Waals surface area (Å²) in [6.45, 7) is 0.647. The molecule has 1 heterocycles. The van der Waals surface area contributed by atoms with Crippen molar-refractivity contribution in [2.24, 2.45) is 0 Å². The van der Waals surface area contributed by atoms with E-state index in [-0.39, 0.29) is 6.61 Å². The van der Waals surface area contributed by atoms with Crippen molar-refractivity contribution in [3.8, 4) is 0 Å². The highest BCUT2D eigenvalue weighted by Gasteiger charge is 1.95. The van der Waals surface area contributed by atoms with Gasteiger partial charge in [-0.15, -0.1) is 5.10 Å². The van der Waals surface area contributed by atoms with Gasteiger partial charge in [-0.05, 0) is 0 Å². The summed E-state index contributed by atoms with van der Waals surface area (Å²) in [5, 5.41) is 16.1. The van der Waals surface area contributed by atoms with Crippen molar-refractivity contribution in [3.05, 3.63) is 11.9 Å². The molecule has 1 aromatic rings. The Morgan fingerprint density at radius 1 is 1.70 bits per heavy atom. The zero-order valence-electron chi connectivity index (χ0n) is 5.37. The van der Waals surface area contributed by atoms with Crippen LogP contribution in [0.1, 0.15) is 5.69 Å². The average Bonchev–Trinajstić information content (AvgIpc) is 2.37. The number of halogens is 1. The second kappa shape index (κ2) is 3.87. The van der Waals surface area contributed by atoms with E-state index in [0.29, 0.717) is 6.54 Å². The topological polar surface area (TPSA) is 50.9 Å². The summed E-state index contributed by atoms with van der Waals surface area (Å²) in [4.78, 5) is 0. The third-order valence-electron chi connectivity index (χ3n) is 1.05. The Bertz CT molecular complexity index is 201. The minimum absolute atomic E-state index is 0.115. The molecule has 0 aliphatic heterocycles. The van der Waals surface area contributed by atoms with Gasteiger partial charge in [0.05, 0.1) is 18.8 Å². The van der Waals surface area contributed by atoms with Gasteiger partial charge in [0.1, 0.15) is 0 Å². The van der Waals surface area contributed by atoms with Gasteiger partial charge in [0.2, 0.25) is 0 Å². The summed E-state index contributed by atoms with van der Waals surface area (Å²) in [6, 6.07) is 0. The maximum atomic E-state index is 8.51. The van der Waals surface area contributed by atoms with Crippen molar-refractivity contribution in [2.75, 3.05) is 6.61 Å². The predicted octanol–water partition coefficient (Wildman–Crippen LogP) is 0.205. The molecule has 10 heavy (non-hydrogen) atoms. The van der Waals surface area contributed by atoms with Crippen molar-refractivity contribution in [1.82, 2.24) is 15.0 Å². The smallest absolute Gasteiger partial charge is 0.0924 e. The normalized spacial score (nSPS) is 10.2. The average molecular weight is 253 g/mol. The van der Waals surface area contributed by atoms with Gasteiger partial charge in [0, 0.05) is 10.6 Å². The van der Waals surface area contributed by atoms with Crippen LogP contribution in [0.5, 0.6) is 0 Å². The Morgan fingerprint density at radius 3 is 3.00 bits per heavy atom. The van der Waals surface area contributed by atoms with Gasteiger partial charge in [-0.1, -0.05) is 27.8 Å². The van der Waals surface area contributed by atoms with Gasteiger partial charge in [-0.2, -0.15) is 0 Å². The fraction of sp³-hybridized carbons (Fsp3) is 0.600. The van der Waals surface area contributed by atoms with Crippen LogP contribution in [0.3, 0.4) is 0 Å². The number of aliphatic hydroxyl groups is 1. The molecular weight excluding hydrogens is 245 g/mol. The fourth-order valence-corrected chi connectivity index (χ4v) is 0.961. The van der Waals surface area contributed by atoms with Crippen LogP contribution in [0.15, 0.2) is 6.20 Å². The highest BCUT2D eigenvalue weighted by atomic mass is 127. The van der Waals surface area contributed by atoms with E-state index in [9.17, 15) is 0 Å². The molecule has 1 rings (SSSR count). The number of hydrogen-bond acceptors (Lipinski definition) is 3. The van der Waals surface area contributed by atoms with Gasteiger partial charge in [-0.3, -0.25) is 0 Å². The van der Waals surface area contributed by atoms with Gasteiger partial charge in [0.15, 0.2) is 0 Å². The maximum Gasteiger partial charge on any atom is 0.0924 e. The summed E-state index contributed by atoms with van der Waals surface area (Å²) in [5.41, 5.74) is 0.953. The molecule has 0 unspecified atom stereocenters. The SMILES string of the molecule is OCCn1cc(CI)nn1. The molecule has 5 heteroatoms. The Kier molecular flexibility index (Phi) is 3.07. The standard InChI is InChI=1S/C5H8IN3O/c6-3-5-4-9(1-2-10)8-7-5/h4,10H,1-3H2. The number of aromatic nitrogens is 3. The molecule has 0 radical (unpaired) electrons. The molecule has 0 saturated heterocycles. The molecule has 0 amide bonds. The molecular formula is C5H8IN3O. The zero-order chi connectivity index (χ0) is 7.40. The molecule has 4 nitrogen and oxygen atoms in total. The Hall–Kier alpha value is -0.170. The van der Waals surface area contributed by atoms with E-state index < -0.39 is 0 Å². The molecule has 1 aromatic heterocycles. The van der Waals surface area contributed by atoms with Crippen LogP contribution in [-0.2, 0) is 11.0 Å². The molecule has 0 aliphatic carbocycles. The van der Waals surface area contributed by atoms with E-state index >= 15 is 0 Å². The Balaban J connectivity index is 2.59. The summed E-state index contributed by atoms with van der Waals surface area (Å²) < 4.78 is 2.50. The predicted molar refractivity (Wildman–Crippen MR) is 44.8 cm³/mol. The largest absolute Gasteiger partial charge is 0.394 e. The monoisotopic (exact) mass is 253 g/mol. The van der Waals surface area contributed by atoms with E-state index in [2.05, 4.69) is 32.9 Å². The minimum Gasteiger partial charge on any atom is -0.394 e. The molecule has 1 N–H and O–H groups in total. The lowest BCUT2D eigenvalue weighted by Crippen LogP contribution is -2.01. The number of hydrogen-bond donors (Lipinski definition) is 1. The van der Waals surface area contributed by atoms with Crippen molar-refractivity contribution < 1.29 is 5.11 Å². The Labute approximate surface area is 72.4 Å². The first-order valence-electron chi connectivity index (χ1n) is 2.92. The summed E-state index contributed by atoms with van der Waals surface area (Å²) >= 11 is 2.22. The molecule has 0 aromatic carbocycles. The van der Waals surface area contributed by atoms with Crippen molar-refractivity contribution in [1.29, 1.82) is 0 Å². The summed E-state index contributed by atoms with van der Waals surface area (Å²) in [6.07, 6.45) is 1.84. The van der Waals surface area contributed by atoms with Crippen LogP contribution >= 0.6 is 22.6 Å². The van der Waals surface area contributed by atoms with Crippen LogP contribution in [0, 0.1) is 0 Å². The summed E-state index contributed by atoms with van der Waals surface area (Å²) in [7, 11) is 0. The van der Waals surface area contributed by atoms with Gasteiger partial charge in [0.25, 0.3) is 0 Å². The lowest BCUT2D eigenvalue weighted by atomic mass is 10.5. The van der Waals surface area contributed by atoms with E-state index in [1.54, 1.807) is 4.68 Å². The van der Waals surface area contributed by atoms with Crippen molar-refractivity contribution in [3.63, 3.8) is 0 Å². The number of nitrogens with zero attached hydrogens (tertiary/aromatic N) is 3. The molecule has 0 atom stereocenters. The molecule has 0 spiro atoms.